The number of hydrogen-bond donors (Lipinski definition) is 0. The van der Waals surface area contributed by atoms with Crippen LogP contribution in [0.4, 0.5) is 4.39 Å². The average Bonchev–Trinajstić information content (AvgIpc) is 3.41. The van der Waals surface area contributed by atoms with Crippen LogP contribution in [-0.2, 0) is 16.1 Å². The second-order valence-electron chi connectivity index (χ2n) is 8.81. The van der Waals surface area contributed by atoms with Gasteiger partial charge in [-0.25, -0.2) is 4.39 Å². The van der Waals surface area contributed by atoms with Crippen LogP contribution in [-0.4, -0.2) is 55.1 Å². The Morgan fingerprint density at radius 1 is 1.22 bits per heavy atom. The molecule has 3 aliphatic rings. The van der Waals surface area contributed by atoms with Crippen molar-refractivity contribution in [3.05, 3.63) is 35.6 Å². The van der Waals surface area contributed by atoms with Crippen LogP contribution in [0.2, 0.25) is 0 Å². The Kier molecular flexibility index (Phi) is 5.51. The van der Waals surface area contributed by atoms with E-state index in [9.17, 15) is 9.18 Å². The standard InChI is InChI=1S/C22H31FN2O2/c1-17(26)25-13-20(15-27-14-18-6-7-18)22(16-25)8-10-24(11-9-22)12-19-4-2-3-5-21(19)23/h2-5,18,20H,6-16H2,1H3/t20-/m0/s1. The van der Waals surface area contributed by atoms with Crippen LogP contribution in [0.3, 0.4) is 0 Å². The van der Waals surface area contributed by atoms with Crippen molar-refractivity contribution in [3.63, 3.8) is 0 Å². The molecule has 1 saturated carbocycles. The molecule has 148 valence electrons. The quantitative estimate of drug-likeness (QED) is 0.766. The molecule has 0 aromatic heterocycles. The van der Waals surface area contributed by atoms with Crippen LogP contribution in [0.1, 0.15) is 38.2 Å². The van der Waals surface area contributed by atoms with Crippen molar-refractivity contribution < 1.29 is 13.9 Å². The van der Waals surface area contributed by atoms with E-state index in [-0.39, 0.29) is 17.1 Å². The fourth-order valence-electron chi connectivity index (χ4n) is 4.75. The fourth-order valence-corrected chi connectivity index (χ4v) is 4.75. The van der Waals surface area contributed by atoms with Crippen molar-refractivity contribution in [1.82, 2.24) is 9.80 Å². The van der Waals surface area contributed by atoms with Gasteiger partial charge in [0.25, 0.3) is 0 Å². The van der Waals surface area contributed by atoms with Gasteiger partial charge in [0.1, 0.15) is 5.82 Å². The lowest BCUT2D eigenvalue weighted by atomic mass is 9.71. The van der Waals surface area contributed by atoms with Crippen molar-refractivity contribution in [2.24, 2.45) is 17.3 Å². The summed E-state index contributed by atoms with van der Waals surface area (Å²) >= 11 is 0. The maximum absolute atomic E-state index is 14.0. The number of halogens is 1. The molecule has 0 bridgehead atoms. The fraction of sp³-hybridized carbons (Fsp3) is 0.682. The van der Waals surface area contributed by atoms with E-state index in [4.69, 9.17) is 4.74 Å². The Morgan fingerprint density at radius 2 is 1.96 bits per heavy atom. The predicted molar refractivity (Wildman–Crippen MR) is 103 cm³/mol. The van der Waals surface area contributed by atoms with Crippen LogP contribution in [0.5, 0.6) is 0 Å². The summed E-state index contributed by atoms with van der Waals surface area (Å²) in [4.78, 5) is 16.3. The summed E-state index contributed by atoms with van der Waals surface area (Å²) in [7, 11) is 0. The van der Waals surface area contributed by atoms with E-state index >= 15 is 0 Å². The number of likely N-dealkylation sites (tertiary alicyclic amines) is 2. The number of hydrogen-bond acceptors (Lipinski definition) is 3. The molecule has 1 aromatic carbocycles. The molecule has 0 radical (unpaired) electrons. The molecule has 4 nitrogen and oxygen atoms in total. The van der Waals surface area contributed by atoms with E-state index in [0.717, 1.165) is 63.7 Å². The van der Waals surface area contributed by atoms with Gasteiger partial charge in [0.15, 0.2) is 0 Å². The normalized spacial score (nSPS) is 25.3. The van der Waals surface area contributed by atoms with Gasteiger partial charge in [-0.2, -0.15) is 0 Å². The first-order valence-corrected chi connectivity index (χ1v) is 10.3. The van der Waals surface area contributed by atoms with Crippen molar-refractivity contribution in [3.8, 4) is 0 Å². The lowest BCUT2D eigenvalue weighted by Crippen LogP contribution is -2.45. The lowest BCUT2D eigenvalue weighted by molar-refractivity contribution is -0.128. The minimum absolute atomic E-state index is 0.118. The molecule has 2 saturated heterocycles. The number of amides is 1. The van der Waals surface area contributed by atoms with Crippen LogP contribution >= 0.6 is 0 Å². The molecular formula is C22H31FN2O2. The highest BCUT2D eigenvalue weighted by Crippen LogP contribution is 2.45. The summed E-state index contributed by atoms with van der Waals surface area (Å²) in [6, 6.07) is 7.06. The molecule has 4 rings (SSSR count). The maximum Gasteiger partial charge on any atom is 0.219 e. The smallest absolute Gasteiger partial charge is 0.219 e. The summed E-state index contributed by atoms with van der Waals surface area (Å²) in [5.41, 5.74) is 0.940. The molecule has 0 N–H and O–H groups in total. The first kappa shape index (κ1) is 18.9. The molecule has 1 atom stereocenters. The van der Waals surface area contributed by atoms with Crippen LogP contribution < -0.4 is 0 Å². The highest BCUT2D eigenvalue weighted by molar-refractivity contribution is 5.73. The number of ether oxygens (including phenoxy) is 1. The molecule has 0 unspecified atom stereocenters. The Labute approximate surface area is 161 Å². The van der Waals surface area contributed by atoms with Gasteiger partial charge in [-0.1, -0.05) is 18.2 Å². The van der Waals surface area contributed by atoms with E-state index in [1.54, 1.807) is 13.0 Å². The lowest BCUT2D eigenvalue weighted by Gasteiger charge is -2.42. The minimum Gasteiger partial charge on any atom is -0.381 e. The molecule has 1 aliphatic carbocycles. The van der Waals surface area contributed by atoms with Crippen LogP contribution in [0, 0.1) is 23.1 Å². The summed E-state index contributed by atoms with van der Waals surface area (Å²) < 4.78 is 20.0. The third-order valence-electron chi connectivity index (χ3n) is 6.83. The Morgan fingerprint density at radius 3 is 2.63 bits per heavy atom. The second kappa shape index (κ2) is 7.88. The molecule has 3 fully saturated rings. The summed E-state index contributed by atoms with van der Waals surface area (Å²) in [6.45, 7) is 7.59. The largest absolute Gasteiger partial charge is 0.381 e. The van der Waals surface area contributed by atoms with Crippen molar-refractivity contribution >= 4 is 5.91 Å². The minimum atomic E-state index is -0.118. The van der Waals surface area contributed by atoms with Crippen molar-refractivity contribution in [1.29, 1.82) is 0 Å². The van der Waals surface area contributed by atoms with Gasteiger partial charge < -0.3 is 9.64 Å². The molecular weight excluding hydrogens is 343 g/mol. The van der Waals surface area contributed by atoms with E-state index < -0.39 is 0 Å². The monoisotopic (exact) mass is 374 g/mol. The number of piperidine rings is 1. The van der Waals surface area contributed by atoms with Gasteiger partial charge in [0.05, 0.1) is 6.61 Å². The van der Waals surface area contributed by atoms with Gasteiger partial charge in [0, 0.05) is 44.6 Å². The average molecular weight is 375 g/mol. The number of carbonyl (C=O) groups is 1. The number of carbonyl (C=O) groups excluding carboxylic acids is 1. The van der Waals surface area contributed by atoms with E-state index in [1.165, 1.54) is 18.9 Å². The topological polar surface area (TPSA) is 32.8 Å². The van der Waals surface area contributed by atoms with Gasteiger partial charge in [-0.3, -0.25) is 9.69 Å². The van der Waals surface area contributed by atoms with Gasteiger partial charge >= 0.3 is 0 Å². The Bertz CT molecular complexity index is 668. The van der Waals surface area contributed by atoms with Crippen LogP contribution in [0.15, 0.2) is 24.3 Å². The summed E-state index contributed by atoms with van der Waals surface area (Å²) in [5, 5.41) is 0. The van der Waals surface area contributed by atoms with Crippen molar-refractivity contribution in [2.75, 3.05) is 39.4 Å². The van der Waals surface area contributed by atoms with E-state index in [2.05, 4.69) is 4.90 Å². The number of benzene rings is 1. The third kappa shape index (κ3) is 4.35. The zero-order valence-electron chi connectivity index (χ0n) is 16.3. The first-order valence-electron chi connectivity index (χ1n) is 10.3. The van der Waals surface area contributed by atoms with Gasteiger partial charge in [-0.05, 0) is 56.2 Å². The third-order valence-corrected chi connectivity index (χ3v) is 6.83. The van der Waals surface area contributed by atoms with E-state index in [0.29, 0.717) is 12.5 Å². The molecule has 1 spiro atoms. The molecule has 1 amide bonds. The summed E-state index contributed by atoms with van der Waals surface area (Å²) in [6.07, 6.45) is 4.73. The zero-order chi connectivity index (χ0) is 18.9. The highest BCUT2D eigenvalue weighted by Gasteiger charge is 2.48. The van der Waals surface area contributed by atoms with Gasteiger partial charge in [-0.15, -0.1) is 0 Å². The molecule has 2 aliphatic heterocycles. The number of nitrogens with zero attached hydrogens (tertiary/aromatic N) is 2. The molecule has 2 heterocycles. The Hall–Kier alpha value is -1.46. The van der Waals surface area contributed by atoms with E-state index in [1.807, 2.05) is 17.0 Å². The Balaban J connectivity index is 1.37. The van der Waals surface area contributed by atoms with Crippen LogP contribution in [0.25, 0.3) is 0 Å². The second-order valence-corrected chi connectivity index (χ2v) is 8.81. The molecule has 5 heteroatoms. The SMILES string of the molecule is CC(=O)N1C[C@@H](COCC2CC2)C2(CCN(Cc3ccccc3F)CC2)C1. The predicted octanol–water partition coefficient (Wildman–Crippen LogP) is 3.31. The molecule has 1 aromatic rings. The molecule has 27 heavy (non-hydrogen) atoms. The maximum atomic E-state index is 14.0. The highest BCUT2D eigenvalue weighted by atomic mass is 19.1. The van der Waals surface area contributed by atoms with Crippen molar-refractivity contribution in [2.45, 2.75) is 39.2 Å². The van der Waals surface area contributed by atoms with Gasteiger partial charge in [0.2, 0.25) is 5.91 Å². The number of rotatable bonds is 6. The summed E-state index contributed by atoms with van der Waals surface area (Å²) in [5.74, 6) is 1.25. The first-order chi connectivity index (χ1) is 13.1. The zero-order valence-corrected chi connectivity index (χ0v) is 16.3.